The summed E-state index contributed by atoms with van der Waals surface area (Å²) >= 11 is 1.49. The zero-order valence-corrected chi connectivity index (χ0v) is 16.2. The third-order valence-corrected chi connectivity index (χ3v) is 6.50. The molecule has 5 nitrogen and oxygen atoms in total. The van der Waals surface area contributed by atoms with Gasteiger partial charge >= 0.3 is 0 Å². The van der Waals surface area contributed by atoms with Crippen molar-refractivity contribution in [3.05, 3.63) is 64.0 Å². The van der Waals surface area contributed by atoms with Crippen molar-refractivity contribution in [3.63, 3.8) is 0 Å². The van der Waals surface area contributed by atoms with Gasteiger partial charge in [0.1, 0.15) is 5.75 Å². The predicted octanol–water partition coefficient (Wildman–Crippen LogP) is 3.65. The summed E-state index contributed by atoms with van der Waals surface area (Å²) in [6.07, 6.45) is 0.521. The Bertz CT molecular complexity index is 1010. The lowest BCUT2D eigenvalue weighted by Gasteiger charge is -2.08. The molecule has 1 aromatic heterocycles. The molecule has 0 atom stereocenters. The van der Waals surface area contributed by atoms with Crippen molar-refractivity contribution in [3.8, 4) is 17.0 Å². The van der Waals surface area contributed by atoms with Crippen molar-refractivity contribution >= 4 is 21.4 Å². The number of nitrogens with one attached hydrogen (secondary N) is 1. The summed E-state index contributed by atoms with van der Waals surface area (Å²) in [7, 11) is -3.52. The maximum atomic E-state index is 12.4. The molecule has 0 bridgehead atoms. The molecule has 136 valence electrons. The summed E-state index contributed by atoms with van der Waals surface area (Å²) in [6.45, 7) is 4.14. The summed E-state index contributed by atoms with van der Waals surface area (Å²) in [5.41, 5.74) is 3.75. The molecule has 2 N–H and O–H groups in total. The van der Waals surface area contributed by atoms with E-state index >= 15 is 0 Å². The van der Waals surface area contributed by atoms with E-state index in [2.05, 4.69) is 9.71 Å². The van der Waals surface area contributed by atoms with Gasteiger partial charge in [0.25, 0.3) is 0 Å². The highest BCUT2D eigenvalue weighted by molar-refractivity contribution is 7.89. The highest BCUT2D eigenvalue weighted by Gasteiger charge is 2.14. The van der Waals surface area contributed by atoms with E-state index < -0.39 is 10.0 Å². The Morgan fingerprint density at radius 2 is 1.81 bits per heavy atom. The molecule has 0 unspecified atom stereocenters. The summed E-state index contributed by atoms with van der Waals surface area (Å²) in [4.78, 5) is 4.81. The molecule has 2 aromatic carbocycles. The SMILES string of the molecule is Cc1ccc(S(=O)(=O)NCCc2nc(-c3ccc(O)cc3)cs2)cc1C. The average molecular weight is 389 g/mol. The third kappa shape index (κ3) is 4.30. The predicted molar refractivity (Wildman–Crippen MR) is 104 cm³/mol. The molecule has 0 aliphatic heterocycles. The molecule has 26 heavy (non-hydrogen) atoms. The van der Waals surface area contributed by atoms with E-state index in [-0.39, 0.29) is 17.2 Å². The number of aromatic nitrogens is 1. The Morgan fingerprint density at radius 3 is 2.50 bits per heavy atom. The fraction of sp³-hybridized carbons (Fsp3) is 0.211. The van der Waals surface area contributed by atoms with Gasteiger partial charge in [0.2, 0.25) is 10.0 Å². The van der Waals surface area contributed by atoms with Crippen molar-refractivity contribution in [1.82, 2.24) is 9.71 Å². The quantitative estimate of drug-likeness (QED) is 0.675. The third-order valence-electron chi connectivity index (χ3n) is 4.13. The minimum Gasteiger partial charge on any atom is -0.508 e. The summed E-state index contributed by atoms with van der Waals surface area (Å²) in [5, 5.41) is 12.1. The van der Waals surface area contributed by atoms with Crippen LogP contribution in [0.3, 0.4) is 0 Å². The smallest absolute Gasteiger partial charge is 0.240 e. The van der Waals surface area contributed by atoms with E-state index in [9.17, 15) is 13.5 Å². The first-order chi connectivity index (χ1) is 12.3. The minimum absolute atomic E-state index is 0.213. The van der Waals surface area contributed by atoms with Gasteiger partial charge in [-0.05, 0) is 61.4 Å². The number of thiazole rings is 1. The van der Waals surface area contributed by atoms with Gasteiger partial charge in [-0.1, -0.05) is 6.07 Å². The van der Waals surface area contributed by atoms with Crippen LogP contribution in [0.4, 0.5) is 0 Å². The molecule has 3 aromatic rings. The van der Waals surface area contributed by atoms with E-state index in [0.717, 1.165) is 27.4 Å². The number of aromatic hydroxyl groups is 1. The van der Waals surface area contributed by atoms with E-state index in [4.69, 9.17) is 0 Å². The van der Waals surface area contributed by atoms with Gasteiger partial charge in [-0.15, -0.1) is 11.3 Å². The van der Waals surface area contributed by atoms with Crippen LogP contribution < -0.4 is 4.72 Å². The first-order valence-corrected chi connectivity index (χ1v) is 10.5. The number of sulfonamides is 1. The molecule has 0 radical (unpaired) electrons. The van der Waals surface area contributed by atoms with Crippen molar-refractivity contribution in [2.24, 2.45) is 0 Å². The second-order valence-corrected chi connectivity index (χ2v) is 8.78. The first-order valence-electron chi connectivity index (χ1n) is 8.16. The van der Waals surface area contributed by atoms with E-state index in [1.54, 1.807) is 36.4 Å². The lowest BCUT2D eigenvalue weighted by Crippen LogP contribution is -2.26. The number of phenols is 1. The second kappa shape index (κ2) is 7.57. The molecule has 0 aliphatic carbocycles. The minimum atomic E-state index is -3.52. The number of benzene rings is 2. The maximum Gasteiger partial charge on any atom is 0.240 e. The second-order valence-electron chi connectivity index (χ2n) is 6.07. The zero-order valence-electron chi connectivity index (χ0n) is 14.6. The molecule has 0 amide bonds. The van der Waals surface area contributed by atoms with E-state index in [1.807, 2.05) is 25.3 Å². The van der Waals surface area contributed by atoms with Gasteiger partial charge in [0.05, 0.1) is 15.6 Å². The van der Waals surface area contributed by atoms with Gasteiger partial charge in [-0.2, -0.15) is 0 Å². The summed E-state index contributed by atoms with van der Waals surface area (Å²) in [5.74, 6) is 0.213. The van der Waals surface area contributed by atoms with Crippen LogP contribution in [0.15, 0.2) is 52.7 Å². The van der Waals surface area contributed by atoms with Crippen molar-refractivity contribution < 1.29 is 13.5 Å². The average Bonchev–Trinajstić information content (AvgIpc) is 3.06. The Balaban J connectivity index is 1.62. The fourth-order valence-corrected chi connectivity index (χ4v) is 4.37. The van der Waals surface area contributed by atoms with Gasteiger partial charge in [0.15, 0.2) is 0 Å². The van der Waals surface area contributed by atoms with Crippen LogP contribution >= 0.6 is 11.3 Å². The van der Waals surface area contributed by atoms with Crippen LogP contribution in [-0.4, -0.2) is 25.1 Å². The van der Waals surface area contributed by atoms with Crippen LogP contribution in [-0.2, 0) is 16.4 Å². The molecule has 0 aliphatic rings. The fourth-order valence-electron chi connectivity index (χ4n) is 2.45. The molecule has 0 fully saturated rings. The first kappa shape index (κ1) is 18.6. The molecule has 0 saturated carbocycles. The number of aryl methyl sites for hydroxylation is 2. The maximum absolute atomic E-state index is 12.4. The Kier molecular flexibility index (Phi) is 5.41. The van der Waals surface area contributed by atoms with Gasteiger partial charge in [0, 0.05) is 23.9 Å². The number of hydrogen-bond donors (Lipinski definition) is 2. The highest BCUT2D eigenvalue weighted by atomic mass is 32.2. The normalized spacial score (nSPS) is 11.6. The van der Waals surface area contributed by atoms with Gasteiger partial charge in [-0.25, -0.2) is 18.1 Å². The molecular formula is C19H20N2O3S2. The standard InChI is InChI=1S/C19H20N2O3S2/c1-13-3-8-17(11-14(13)2)26(23,24)20-10-9-19-21-18(12-25-19)15-4-6-16(22)7-5-15/h3-8,11-12,20,22H,9-10H2,1-2H3. The number of hydrogen-bond acceptors (Lipinski definition) is 5. The largest absolute Gasteiger partial charge is 0.508 e. The van der Waals surface area contributed by atoms with Crippen LogP contribution in [0.2, 0.25) is 0 Å². The number of rotatable bonds is 6. The highest BCUT2D eigenvalue weighted by Crippen LogP contribution is 2.24. The topological polar surface area (TPSA) is 79.3 Å². The molecular weight excluding hydrogens is 368 g/mol. The zero-order chi connectivity index (χ0) is 18.7. The molecule has 0 saturated heterocycles. The van der Waals surface area contributed by atoms with Crippen molar-refractivity contribution in [1.29, 1.82) is 0 Å². The lowest BCUT2D eigenvalue weighted by molar-refractivity contribution is 0.475. The Hall–Kier alpha value is -2.22. The van der Waals surface area contributed by atoms with Gasteiger partial charge < -0.3 is 5.11 Å². The van der Waals surface area contributed by atoms with Crippen LogP contribution in [0.1, 0.15) is 16.1 Å². The van der Waals surface area contributed by atoms with Crippen LogP contribution in [0, 0.1) is 13.8 Å². The Labute approximate surface area is 157 Å². The number of phenolic OH excluding ortho intramolecular Hbond substituents is 1. The summed E-state index contributed by atoms with van der Waals surface area (Å²) < 4.78 is 27.4. The Morgan fingerprint density at radius 1 is 1.08 bits per heavy atom. The van der Waals surface area contributed by atoms with Gasteiger partial charge in [-0.3, -0.25) is 0 Å². The van der Waals surface area contributed by atoms with Crippen LogP contribution in [0.25, 0.3) is 11.3 Å². The number of nitrogens with zero attached hydrogens (tertiary/aromatic N) is 1. The monoisotopic (exact) mass is 388 g/mol. The lowest BCUT2D eigenvalue weighted by atomic mass is 10.1. The van der Waals surface area contributed by atoms with E-state index in [0.29, 0.717) is 6.42 Å². The molecule has 1 heterocycles. The van der Waals surface area contributed by atoms with Crippen LogP contribution in [0.5, 0.6) is 5.75 Å². The molecule has 3 rings (SSSR count). The molecule has 0 spiro atoms. The summed E-state index contributed by atoms with van der Waals surface area (Å²) in [6, 6.07) is 12.0. The van der Waals surface area contributed by atoms with E-state index in [1.165, 1.54) is 11.3 Å². The van der Waals surface area contributed by atoms with Crippen molar-refractivity contribution in [2.75, 3.05) is 6.54 Å². The molecule has 7 heteroatoms. The van der Waals surface area contributed by atoms with Crippen molar-refractivity contribution in [2.45, 2.75) is 25.2 Å².